The average molecular weight is 205 g/mol. The van der Waals surface area contributed by atoms with Crippen molar-refractivity contribution in [3.8, 4) is 5.75 Å². The summed E-state index contributed by atoms with van der Waals surface area (Å²) in [4.78, 5) is 0. The Labute approximate surface area is 91.4 Å². The van der Waals surface area contributed by atoms with Gasteiger partial charge in [-0.1, -0.05) is 26.0 Å². The molecule has 0 aromatic heterocycles. The van der Waals surface area contributed by atoms with Crippen molar-refractivity contribution >= 4 is 0 Å². The van der Waals surface area contributed by atoms with Crippen LogP contribution in [-0.4, -0.2) is 12.6 Å². The molecule has 15 heavy (non-hydrogen) atoms. The fourth-order valence-corrected chi connectivity index (χ4v) is 1.88. The first-order valence-electron chi connectivity index (χ1n) is 5.66. The van der Waals surface area contributed by atoms with E-state index in [1.807, 2.05) is 12.1 Å². The van der Waals surface area contributed by atoms with E-state index in [0.717, 1.165) is 25.2 Å². The van der Waals surface area contributed by atoms with E-state index in [1.54, 1.807) is 0 Å². The van der Waals surface area contributed by atoms with Gasteiger partial charge in [0.2, 0.25) is 0 Å². The highest BCUT2D eigenvalue weighted by atomic mass is 16.5. The maximum atomic E-state index is 5.92. The van der Waals surface area contributed by atoms with Gasteiger partial charge >= 0.3 is 0 Å². The zero-order valence-electron chi connectivity index (χ0n) is 9.49. The summed E-state index contributed by atoms with van der Waals surface area (Å²) < 4.78 is 5.54. The van der Waals surface area contributed by atoms with Crippen molar-refractivity contribution in [2.24, 2.45) is 5.73 Å². The van der Waals surface area contributed by atoms with Crippen LogP contribution in [0.3, 0.4) is 0 Å². The second kappa shape index (κ2) is 3.86. The third-order valence-corrected chi connectivity index (χ3v) is 3.29. The molecule has 1 fully saturated rings. The number of hydrogen-bond donors (Lipinski definition) is 1. The highest BCUT2D eigenvalue weighted by Crippen LogP contribution is 2.46. The Bertz CT molecular complexity index is 333. The van der Waals surface area contributed by atoms with E-state index in [9.17, 15) is 0 Å². The molecule has 82 valence electrons. The first kappa shape index (κ1) is 10.5. The molecule has 1 aliphatic carbocycles. The van der Waals surface area contributed by atoms with Crippen LogP contribution in [0.4, 0.5) is 0 Å². The van der Waals surface area contributed by atoms with Crippen LogP contribution in [0, 0.1) is 0 Å². The third-order valence-electron chi connectivity index (χ3n) is 3.29. The zero-order chi connectivity index (χ0) is 10.9. The Morgan fingerprint density at radius 3 is 2.47 bits per heavy atom. The lowest BCUT2D eigenvalue weighted by atomic mass is 9.97. The molecule has 1 aromatic rings. The number of hydrogen-bond acceptors (Lipinski definition) is 2. The zero-order valence-corrected chi connectivity index (χ0v) is 9.49. The van der Waals surface area contributed by atoms with Crippen LogP contribution in [0.5, 0.6) is 5.75 Å². The van der Waals surface area contributed by atoms with E-state index in [1.165, 1.54) is 5.56 Å². The van der Waals surface area contributed by atoms with Gasteiger partial charge in [-0.3, -0.25) is 0 Å². The van der Waals surface area contributed by atoms with Gasteiger partial charge in [0.05, 0.1) is 6.61 Å². The fourth-order valence-electron chi connectivity index (χ4n) is 1.88. The first-order chi connectivity index (χ1) is 7.16. The van der Waals surface area contributed by atoms with E-state index in [0.29, 0.717) is 6.04 Å². The van der Waals surface area contributed by atoms with Gasteiger partial charge in [0.25, 0.3) is 0 Å². The largest absolute Gasteiger partial charge is 0.494 e. The highest BCUT2D eigenvalue weighted by Gasteiger charge is 2.48. The SMILES string of the molecule is CCCOc1ccc(C2(C)CC2N)cc1. The van der Waals surface area contributed by atoms with Crippen molar-refractivity contribution in [1.82, 2.24) is 0 Å². The van der Waals surface area contributed by atoms with Crippen LogP contribution >= 0.6 is 0 Å². The second-order valence-corrected chi connectivity index (χ2v) is 4.60. The lowest BCUT2D eigenvalue weighted by Gasteiger charge is -2.11. The highest BCUT2D eigenvalue weighted by molar-refractivity contribution is 5.38. The summed E-state index contributed by atoms with van der Waals surface area (Å²) in [6, 6.07) is 8.69. The minimum absolute atomic E-state index is 0.212. The predicted molar refractivity (Wildman–Crippen MR) is 62.2 cm³/mol. The van der Waals surface area contributed by atoms with Crippen LogP contribution in [0.15, 0.2) is 24.3 Å². The molecule has 0 heterocycles. The van der Waals surface area contributed by atoms with E-state index in [2.05, 4.69) is 26.0 Å². The van der Waals surface area contributed by atoms with Crippen LogP contribution in [0.1, 0.15) is 32.3 Å². The molecule has 0 amide bonds. The monoisotopic (exact) mass is 205 g/mol. The standard InChI is InChI=1S/C13H19NO/c1-3-8-15-11-6-4-10(5-7-11)13(2)9-12(13)14/h4-7,12H,3,8-9,14H2,1-2H3. The topological polar surface area (TPSA) is 35.2 Å². The van der Waals surface area contributed by atoms with Gasteiger partial charge in [-0.2, -0.15) is 0 Å². The molecule has 0 radical (unpaired) electrons. The van der Waals surface area contributed by atoms with Crippen molar-refractivity contribution in [3.05, 3.63) is 29.8 Å². The first-order valence-corrected chi connectivity index (χ1v) is 5.66. The Kier molecular flexibility index (Phi) is 2.70. The van der Waals surface area contributed by atoms with E-state index < -0.39 is 0 Å². The number of benzene rings is 1. The molecule has 1 aromatic carbocycles. The van der Waals surface area contributed by atoms with Gasteiger partial charge < -0.3 is 10.5 Å². The quantitative estimate of drug-likeness (QED) is 0.819. The molecular formula is C13H19NO. The Balaban J connectivity index is 2.05. The van der Waals surface area contributed by atoms with Gasteiger partial charge in [0, 0.05) is 11.5 Å². The van der Waals surface area contributed by atoms with E-state index in [-0.39, 0.29) is 5.41 Å². The Morgan fingerprint density at radius 1 is 1.40 bits per heavy atom. The maximum Gasteiger partial charge on any atom is 0.119 e. The molecule has 2 N–H and O–H groups in total. The lowest BCUT2D eigenvalue weighted by molar-refractivity contribution is 0.317. The van der Waals surface area contributed by atoms with Crippen LogP contribution in [0.2, 0.25) is 0 Å². The molecule has 1 saturated carbocycles. The summed E-state index contributed by atoms with van der Waals surface area (Å²) in [5.74, 6) is 0.957. The van der Waals surface area contributed by atoms with Crippen molar-refractivity contribution in [2.45, 2.75) is 38.1 Å². The summed E-state index contributed by atoms with van der Waals surface area (Å²) in [5.41, 5.74) is 7.46. The van der Waals surface area contributed by atoms with Gasteiger partial charge in [0.1, 0.15) is 5.75 Å². The molecule has 2 nitrogen and oxygen atoms in total. The molecule has 2 atom stereocenters. The van der Waals surface area contributed by atoms with Gasteiger partial charge in [-0.25, -0.2) is 0 Å². The summed E-state index contributed by atoms with van der Waals surface area (Å²) in [7, 11) is 0. The molecule has 0 aliphatic heterocycles. The van der Waals surface area contributed by atoms with Gasteiger partial charge in [-0.15, -0.1) is 0 Å². The molecule has 2 rings (SSSR count). The molecule has 0 spiro atoms. The summed E-state index contributed by atoms with van der Waals surface area (Å²) in [6.45, 7) is 5.12. The average Bonchev–Trinajstić information content (AvgIpc) is 2.86. The van der Waals surface area contributed by atoms with Gasteiger partial charge in [0.15, 0.2) is 0 Å². The Morgan fingerprint density at radius 2 is 2.00 bits per heavy atom. The molecule has 0 saturated heterocycles. The number of nitrogens with two attached hydrogens (primary N) is 1. The van der Waals surface area contributed by atoms with Crippen molar-refractivity contribution in [1.29, 1.82) is 0 Å². The molecule has 2 heteroatoms. The van der Waals surface area contributed by atoms with Crippen molar-refractivity contribution in [3.63, 3.8) is 0 Å². The molecular weight excluding hydrogens is 186 g/mol. The Hall–Kier alpha value is -1.02. The summed E-state index contributed by atoms with van der Waals surface area (Å²) >= 11 is 0. The molecule has 1 aliphatic rings. The normalized spacial score (nSPS) is 28.9. The summed E-state index contributed by atoms with van der Waals surface area (Å²) in [6.07, 6.45) is 2.15. The third kappa shape index (κ3) is 2.00. The predicted octanol–water partition coefficient (Wildman–Crippen LogP) is 2.46. The fraction of sp³-hybridized carbons (Fsp3) is 0.538. The summed E-state index contributed by atoms with van der Waals surface area (Å²) in [5, 5.41) is 0. The maximum absolute atomic E-state index is 5.92. The van der Waals surface area contributed by atoms with Crippen LogP contribution in [0.25, 0.3) is 0 Å². The van der Waals surface area contributed by atoms with Crippen molar-refractivity contribution < 1.29 is 4.74 Å². The molecule has 0 bridgehead atoms. The number of ether oxygens (including phenoxy) is 1. The van der Waals surface area contributed by atoms with E-state index in [4.69, 9.17) is 10.5 Å². The van der Waals surface area contributed by atoms with Gasteiger partial charge in [-0.05, 0) is 30.5 Å². The smallest absolute Gasteiger partial charge is 0.119 e. The van der Waals surface area contributed by atoms with Crippen LogP contribution < -0.4 is 10.5 Å². The van der Waals surface area contributed by atoms with Crippen molar-refractivity contribution in [2.75, 3.05) is 6.61 Å². The minimum Gasteiger partial charge on any atom is -0.494 e. The minimum atomic E-state index is 0.212. The molecule has 2 unspecified atom stereocenters. The van der Waals surface area contributed by atoms with E-state index >= 15 is 0 Å². The number of rotatable bonds is 4. The lowest BCUT2D eigenvalue weighted by Crippen LogP contribution is -2.14. The van der Waals surface area contributed by atoms with Crippen LogP contribution in [-0.2, 0) is 5.41 Å². The second-order valence-electron chi connectivity index (χ2n) is 4.60.